The van der Waals surface area contributed by atoms with Crippen LogP contribution in [0.4, 0.5) is 0 Å². The first-order chi connectivity index (χ1) is 7.13. The molecule has 0 saturated carbocycles. The molecule has 1 atom stereocenters. The van der Waals surface area contributed by atoms with Crippen molar-refractivity contribution in [1.29, 1.82) is 0 Å². The maximum atomic E-state index is 3.43. The molecule has 0 aromatic heterocycles. The zero-order chi connectivity index (χ0) is 11.3. The van der Waals surface area contributed by atoms with Crippen molar-refractivity contribution in [2.75, 3.05) is 6.54 Å². The third kappa shape index (κ3) is 4.05. The predicted molar refractivity (Wildman–Crippen MR) is 67.4 cm³/mol. The quantitative estimate of drug-likeness (QED) is 0.777. The molecule has 84 valence electrons. The van der Waals surface area contributed by atoms with Crippen molar-refractivity contribution in [3.8, 4) is 0 Å². The zero-order valence-electron chi connectivity index (χ0n) is 10.4. The van der Waals surface area contributed by atoms with Crippen LogP contribution in [0.3, 0.4) is 0 Å². The van der Waals surface area contributed by atoms with Gasteiger partial charge in [-0.05, 0) is 36.9 Å². The van der Waals surface area contributed by atoms with Gasteiger partial charge in [-0.2, -0.15) is 0 Å². The van der Waals surface area contributed by atoms with Crippen LogP contribution in [0.15, 0.2) is 24.3 Å². The number of rotatable bonds is 5. The van der Waals surface area contributed by atoms with Crippen LogP contribution in [0.5, 0.6) is 0 Å². The van der Waals surface area contributed by atoms with Crippen molar-refractivity contribution in [1.82, 2.24) is 5.32 Å². The Kier molecular flexibility index (Phi) is 4.83. The zero-order valence-corrected chi connectivity index (χ0v) is 10.4. The first-order valence-electron chi connectivity index (χ1n) is 5.95. The first-order valence-corrected chi connectivity index (χ1v) is 5.95. The minimum absolute atomic E-state index is 0.569. The maximum Gasteiger partial charge on any atom is 0.00790 e. The van der Waals surface area contributed by atoms with Gasteiger partial charge >= 0.3 is 0 Å². The lowest BCUT2D eigenvalue weighted by Gasteiger charge is -2.13. The van der Waals surface area contributed by atoms with Gasteiger partial charge in [-0.1, -0.05) is 45.0 Å². The Hall–Kier alpha value is -0.820. The number of nitrogens with one attached hydrogen (secondary N) is 1. The van der Waals surface area contributed by atoms with Crippen molar-refractivity contribution in [2.45, 2.75) is 46.1 Å². The Morgan fingerprint density at radius 3 is 2.13 bits per heavy atom. The van der Waals surface area contributed by atoms with Crippen LogP contribution < -0.4 is 5.32 Å². The van der Waals surface area contributed by atoms with Crippen LogP contribution in [0.2, 0.25) is 0 Å². The van der Waals surface area contributed by atoms with Gasteiger partial charge in [-0.25, -0.2) is 0 Å². The lowest BCUT2D eigenvalue weighted by molar-refractivity contribution is 0.565. The van der Waals surface area contributed by atoms with Gasteiger partial charge in [0, 0.05) is 6.04 Å². The van der Waals surface area contributed by atoms with E-state index in [9.17, 15) is 0 Å². The fraction of sp³-hybridized carbons (Fsp3) is 0.571. The molecule has 1 rings (SSSR count). The number of hydrogen-bond acceptors (Lipinski definition) is 1. The summed E-state index contributed by atoms with van der Waals surface area (Å²) in [6.07, 6.45) is 1.12. The molecule has 1 aromatic rings. The SMILES string of the molecule is CCNC(C)Cc1ccc(C(C)C)cc1. The summed E-state index contributed by atoms with van der Waals surface area (Å²) in [6.45, 7) is 9.90. The van der Waals surface area contributed by atoms with Crippen molar-refractivity contribution < 1.29 is 0 Å². The molecule has 0 heterocycles. The minimum atomic E-state index is 0.569. The highest BCUT2D eigenvalue weighted by Gasteiger charge is 2.02. The second-order valence-electron chi connectivity index (χ2n) is 4.56. The minimum Gasteiger partial charge on any atom is -0.314 e. The fourth-order valence-corrected chi connectivity index (χ4v) is 1.81. The molecular weight excluding hydrogens is 182 g/mol. The summed E-state index contributed by atoms with van der Waals surface area (Å²) in [5, 5.41) is 3.43. The molecule has 1 aromatic carbocycles. The van der Waals surface area contributed by atoms with E-state index in [2.05, 4.69) is 57.3 Å². The van der Waals surface area contributed by atoms with Crippen LogP contribution >= 0.6 is 0 Å². The second-order valence-corrected chi connectivity index (χ2v) is 4.56. The van der Waals surface area contributed by atoms with Crippen molar-refractivity contribution >= 4 is 0 Å². The summed E-state index contributed by atoms with van der Waals surface area (Å²) in [5.41, 5.74) is 2.85. The van der Waals surface area contributed by atoms with E-state index < -0.39 is 0 Å². The van der Waals surface area contributed by atoms with E-state index in [1.165, 1.54) is 11.1 Å². The predicted octanol–water partition coefficient (Wildman–Crippen LogP) is 3.35. The van der Waals surface area contributed by atoms with E-state index in [1.54, 1.807) is 0 Å². The molecule has 1 N–H and O–H groups in total. The van der Waals surface area contributed by atoms with E-state index >= 15 is 0 Å². The summed E-state index contributed by atoms with van der Waals surface area (Å²) in [6, 6.07) is 9.57. The summed E-state index contributed by atoms with van der Waals surface area (Å²) in [4.78, 5) is 0. The van der Waals surface area contributed by atoms with Gasteiger partial charge in [0.15, 0.2) is 0 Å². The number of hydrogen-bond donors (Lipinski definition) is 1. The summed E-state index contributed by atoms with van der Waals surface area (Å²) in [7, 11) is 0. The highest BCUT2D eigenvalue weighted by atomic mass is 14.9. The Labute approximate surface area is 93.9 Å². The summed E-state index contributed by atoms with van der Waals surface area (Å²) < 4.78 is 0. The molecule has 0 amide bonds. The van der Waals surface area contributed by atoms with Gasteiger partial charge in [-0.3, -0.25) is 0 Å². The van der Waals surface area contributed by atoms with Crippen LogP contribution in [-0.4, -0.2) is 12.6 Å². The van der Waals surface area contributed by atoms with Crippen molar-refractivity contribution in [3.63, 3.8) is 0 Å². The van der Waals surface area contributed by atoms with Crippen LogP contribution in [0.25, 0.3) is 0 Å². The van der Waals surface area contributed by atoms with Gasteiger partial charge in [0.25, 0.3) is 0 Å². The highest BCUT2D eigenvalue weighted by molar-refractivity contribution is 5.25. The summed E-state index contributed by atoms with van der Waals surface area (Å²) in [5.74, 6) is 0.630. The average molecular weight is 205 g/mol. The van der Waals surface area contributed by atoms with Crippen LogP contribution in [-0.2, 0) is 6.42 Å². The molecule has 0 aliphatic rings. The number of likely N-dealkylation sites (N-methyl/N-ethyl adjacent to an activating group) is 1. The van der Waals surface area contributed by atoms with Crippen LogP contribution in [0.1, 0.15) is 44.7 Å². The van der Waals surface area contributed by atoms with E-state index in [4.69, 9.17) is 0 Å². The van der Waals surface area contributed by atoms with Crippen LogP contribution in [0, 0.1) is 0 Å². The third-order valence-electron chi connectivity index (χ3n) is 2.74. The first kappa shape index (κ1) is 12.3. The third-order valence-corrected chi connectivity index (χ3v) is 2.74. The fourth-order valence-electron chi connectivity index (χ4n) is 1.81. The largest absolute Gasteiger partial charge is 0.314 e. The van der Waals surface area contributed by atoms with Gasteiger partial charge in [-0.15, -0.1) is 0 Å². The van der Waals surface area contributed by atoms with Gasteiger partial charge < -0.3 is 5.32 Å². The second kappa shape index (κ2) is 5.92. The molecule has 0 bridgehead atoms. The smallest absolute Gasteiger partial charge is 0.00790 e. The molecule has 1 unspecified atom stereocenters. The summed E-state index contributed by atoms with van der Waals surface area (Å²) >= 11 is 0. The standard InChI is InChI=1S/C14H23N/c1-5-15-12(4)10-13-6-8-14(9-7-13)11(2)3/h6-9,11-12,15H,5,10H2,1-4H3. The maximum absolute atomic E-state index is 3.43. The van der Waals surface area contributed by atoms with E-state index in [0.717, 1.165) is 13.0 Å². The average Bonchev–Trinajstić information content (AvgIpc) is 2.18. The van der Waals surface area contributed by atoms with Gasteiger partial charge in [0.1, 0.15) is 0 Å². The molecule has 1 nitrogen and oxygen atoms in total. The molecule has 0 aliphatic heterocycles. The Morgan fingerprint density at radius 1 is 1.07 bits per heavy atom. The number of benzene rings is 1. The Bertz CT molecular complexity index is 274. The topological polar surface area (TPSA) is 12.0 Å². The Morgan fingerprint density at radius 2 is 1.67 bits per heavy atom. The molecule has 0 radical (unpaired) electrons. The van der Waals surface area contributed by atoms with Crippen molar-refractivity contribution in [2.24, 2.45) is 0 Å². The monoisotopic (exact) mass is 205 g/mol. The Balaban J connectivity index is 2.56. The lowest BCUT2D eigenvalue weighted by atomic mass is 9.99. The van der Waals surface area contributed by atoms with Crippen molar-refractivity contribution in [3.05, 3.63) is 35.4 Å². The molecular formula is C14H23N. The van der Waals surface area contributed by atoms with E-state index in [1.807, 2.05) is 0 Å². The molecule has 0 saturated heterocycles. The lowest BCUT2D eigenvalue weighted by Crippen LogP contribution is -2.27. The molecule has 1 heteroatoms. The molecule has 15 heavy (non-hydrogen) atoms. The normalized spacial score (nSPS) is 13.1. The molecule has 0 aliphatic carbocycles. The van der Waals surface area contributed by atoms with Gasteiger partial charge in [0.2, 0.25) is 0 Å². The molecule has 0 spiro atoms. The van der Waals surface area contributed by atoms with Gasteiger partial charge in [0.05, 0.1) is 0 Å². The highest BCUT2D eigenvalue weighted by Crippen LogP contribution is 2.15. The van der Waals surface area contributed by atoms with E-state index in [-0.39, 0.29) is 0 Å². The molecule has 0 fully saturated rings. The van der Waals surface area contributed by atoms with E-state index in [0.29, 0.717) is 12.0 Å².